The molecule has 2 aromatic rings. The maximum atomic E-state index is 4.75. The zero-order valence-electron chi connectivity index (χ0n) is 15.5. The van der Waals surface area contributed by atoms with E-state index in [2.05, 4.69) is 42.2 Å². The molecule has 0 saturated heterocycles. The van der Waals surface area contributed by atoms with E-state index in [0.29, 0.717) is 12.0 Å². The van der Waals surface area contributed by atoms with Crippen LogP contribution in [0.3, 0.4) is 0 Å². The summed E-state index contributed by atoms with van der Waals surface area (Å²) in [5.41, 5.74) is 2.66. The van der Waals surface area contributed by atoms with Gasteiger partial charge in [-0.15, -0.1) is 24.0 Å². The van der Waals surface area contributed by atoms with Crippen LogP contribution in [0.5, 0.6) is 0 Å². The Labute approximate surface area is 167 Å². The highest BCUT2D eigenvalue weighted by molar-refractivity contribution is 14.0. The second kappa shape index (κ2) is 8.87. The third-order valence-electron chi connectivity index (χ3n) is 5.40. The van der Waals surface area contributed by atoms with Gasteiger partial charge in [-0.3, -0.25) is 0 Å². The highest BCUT2D eigenvalue weighted by Gasteiger charge is 2.34. The van der Waals surface area contributed by atoms with Crippen molar-refractivity contribution in [3.05, 3.63) is 30.1 Å². The Morgan fingerprint density at radius 1 is 1.24 bits per heavy atom. The predicted molar refractivity (Wildman–Crippen MR) is 116 cm³/mol. The zero-order chi connectivity index (χ0) is 17.0. The smallest absolute Gasteiger partial charge is 0.191 e. The monoisotopic (exact) mass is 455 g/mol. The first-order valence-corrected chi connectivity index (χ1v) is 9.10. The van der Waals surface area contributed by atoms with E-state index in [4.69, 9.17) is 9.98 Å². The lowest BCUT2D eigenvalue weighted by Gasteiger charge is -2.41. The van der Waals surface area contributed by atoms with Gasteiger partial charge in [-0.05, 0) is 43.7 Å². The van der Waals surface area contributed by atoms with Crippen LogP contribution in [-0.2, 0) is 13.6 Å². The number of aliphatic imine (C=N–C) groups is 1. The molecule has 2 N–H and O–H groups in total. The van der Waals surface area contributed by atoms with Gasteiger partial charge >= 0.3 is 0 Å². The van der Waals surface area contributed by atoms with E-state index in [-0.39, 0.29) is 24.0 Å². The van der Waals surface area contributed by atoms with Crippen molar-refractivity contribution in [2.45, 2.75) is 46.1 Å². The van der Waals surface area contributed by atoms with E-state index >= 15 is 0 Å². The molecule has 0 aliphatic heterocycles. The SMILES string of the molecule is CCNC(=NCc1nc2ccccc2n1C)NCC1(CC)CCC1.I. The lowest BCUT2D eigenvalue weighted by molar-refractivity contribution is 0.131. The molecule has 0 unspecified atom stereocenters. The summed E-state index contributed by atoms with van der Waals surface area (Å²) >= 11 is 0. The van der Waals surface area contributed by atoms with Gasteiger partial charge in [-0.1, -0.05) is 25.5 Å². The number of nitrogens with zero attached hydrogens (tertiary/aromatic N) is 3. The van der Waals surface area contributed by atoms with Gasteiger partial charge in [-0.2, -0.15) is 0 Å². The van der Waals surface area contributed by atoms with Crippen molar-refractivity contribution in [1.29, 1.82) is 0 Å². The lowest BCUT2D eigenvalue weighted by atomic mass is 9.67. The number of nitrogens with one attached hydrogen (secondary N) is 2. The topological polar surface area (TPSA) is 54.2 Å². The lowest BCUT2D eigenvalue weighted by Crippen LogP contribution is -2.46. The predicted octanol–water partition coefficient (Wildman–Crippen LogP) is 3.83. The third kappa shape index (κ3) is 4.46. The van der Waals surface area contributed by atoms with Crippen LogP contribution in [0.25, 0.3) is 11.0 Å². The van der Waals surface area contributed by atoms with Crippen molar-refractivity contribution in [2.75, 3.05) is 13.1 Å². The Balaban J connectivity index is 0.00000225. The number of fused-ring (bicyclic) bond motifs is 1. The first kappa shape index (κ1) is 20.0. The Morgan fingerprint density at radius 2 is 2.00 bits per heavy atom. The molecule has 6 heteroatoms. The molecule has 1 aromatic heterocycles. The van der Waals surface area contributed by atoms with Gasteiger partial charge in [0.25, 0.3) is 0 Å². The second-order valence-electron chi connectivity index (χ2n) is 6.83. The summed E-state index contributed by atoms with van der Waals surface area (Å²) in [5, 5.41) is 6.89. The Hall–Kier alpha value is -1.31. The molecule has 138 valence electrons. The Kier molecular flexibility index (Phi) is 7.10. The van der Waals surface area contributed by atoms with Gasteiger partial charge in [0.1, 0.15) is 12.4 Å². The molecule has 1 aliphatic rings. The number of aromatic nitrogens is 2. The Bertz CT molecular complexity index is 712. The van der Waals surface area contributed by atoms with Crippen LogP contribution in [0.4, 0.5) is 0 Å². The highest BCUT2D eigenvalue weighted by atomic mass is 127. The molecule has 3 rings (SSSR count). The van der Waals surface area contributed by atoms with E-state index in [1.807, 2.05) is 18.2 Å². The molecule has 0 spiro atoms. The van der Waals surface area contributed by atoms with Crippen LogP contribution in [-0.4, -0.2) is 28.6 Å². The van der Waals surface area contributed by atoms with Crippen LogP contribution in [0.1, 0.15) is 45.4 Å². The van der Waals surface area contributed by atoms with E-state index in [9.17, 15) is 0 Å². The minimum absolute atomic E-state index is 0. The quantitative estimate of drug-likeness (QED) is 0.396. The summed E-state index contributed by atoms with van der Waals surface area (Å²) in [7, 11) is 2.06. The fraction of sp³-hybridized carbons (Fsp3) is 0.579. The van der Waals surface area contributed by atoms with Gasteiger partial charge < -0.3 is 15.2 Å². The number of para-hydroxylation sites is 2. The fourth-order valence-electron chi connectivity index (χ4n) is 3.43. The number of rotatable bonds is 6. The fourth-order valence-corrected chi connectivity index (χ4v) is 3.43. The molecule has 1 aromatic carbocycles. The summed E-state index contributed by atoms with van der Waals surface area (Å²) < 4.78 is 2.13. The second-order valence-corrected chi connectivity index (χ2v) is 6.83. The zero-order valence-corrected chi connectivity index (χ0v) is 17.8. The molecule has 0 amide bonds. The van der Waals surface area contributed by atoms with Crippen molar-refractivity contribution >= 4 is 41.0 Å². The van der Waals surface area contributed by atoms with Crippen LogP contribution >= 0.6 is 24.0 Å². The van der Waals surface area contributed by atoms with Gasteiger partial charge in [0.2, 0.25) is 0 Å². The number of aryl methyl sites for hydroxylation is 1. The van der Waals surface area contributed by atoms with Crippen LogP contribution < -0.4 is 10.6 Å². The molecular weight excluding hydrogens is 425 g/mol. The van der Waals surface area contributed by atoms with Crippen LogP contribution in [0.15, 0.2) is 29.3 Å². The van der Waals surface area contributed by atoms with Crippen molar-refractivity contribution < 1.29 is 0 Å². The number of hydrogen-bond acceptors (Lipinski definition) is 2. The number of guanidine groups is 1. The van der Waals surface area contributed by atoms with E-state index < -0.39 is 0 Å². The molecule has 0 radical (unpaired) electrons. The summed E-state index contributed by atoms with van der Waals surface area (Å²) in [4.78, 5) is 9.44. The minimum atomic E-state index is 0. The molecule has 1 saturated carbocycles. The van der Waals surface area contributed by atoms with Crippen molar-refractivity contribution in [1.82, 2.24) is 20.2 Å². The normalized spacial score (nSPS) is 16.2. The molecule has 0 bridgehead atoms. The molecule has 0 atom stereocenters. The Morgan fingerprint density at radius 3 is 2.60 bits per heavy atom. The van der Waals surface area contributed by atoms with Crippen LogP contribution in [0, 0.1) is 5.41 Å². The summed E-state index contributed by atoms with van der Waals surface area (Å²) in [6.07, 6.45) is 5.27. The maximum Gasteiger partial charge on any atom is 0.191 e. The molecule has 1 fully saturated rings. The number of halogens is 1. The summed E-state index contributed by atoms with van der Waals surface area (Å²) in [6.45, 7) is 6.86. The minimum Gasteiger partial charge on any atom is -0.357 e. The average Bonchev–Trinajstić information content (AvgIpc) is 2.88. The van der Waals surface area contributed by atoms with Gasteiger partial charge in [0.05, 0.1) is 11.0 Å². The van der Waals surface area contributed by atoms with Crippen molar-refractivity contribution in [3.8, 4) is 0 Å². The molecule has 5 nitrogen and oxygen atoms in total. The van der Waals surface area contributed by atoms with Crippen molar-refractivity contribution in [2.24, 2.45) is 17.5 Å². The first-order valence-electron chi connectivity index (χ1n) is 9.10. The number of benzene rings is 1. The van der Waals surface area contributed by atoms with Gasteiger partial charge in [0.15, 0.2) is 5.96 Å². The standard InChI is InChI=1S/C19H29N5.HI/c1-4-19(11-8-12-19)14-22-18(20-5-2)21-13-17-23-15-9-6-7-10-16(15)24(17)3;/h6-7,9-10H,4-5,8,11-14H2,1-3H3,(H2,20,21,22);1H. The van der Waals surface area contributed by atoms with Gasteiger partial charge in [0, 0.05) is 20.1 Å². The third-order valence-corrected chi connectivity index (χ3v) is 5.40. The highest BCUT2D eigenvalue weighted by Crippen LogP contribution is 2.42. The largest absolute Gasteiger partial charge is 0.357 e. The first-order chi connectivity index (χ1) is 11.7. The molecule has 1 heterocycles. The van der Waals surface area contributed by atoms with E-state index in [1.165, 1.54) is 25.7 Å². The summed E-state index contributed by atoms with van der Waals surface area (Å²) in [5.74, 6) is 1.88. The number of hydrogen-bond donors (Lipinski definition) is 2. The van der Waals surface area contributed by atoms with Crippen LogP contribution in [0.2, 0.25) is 0 Å². The van der Waals surface area contributed by atoms with E-state index in [1.54, 1.807) is 0 Å². The number of imidazole rings is 1. The van der Waals surface area contributed by atoms with Crippen molar-refractivity contribution in [3.63, 3.8) is 0 Å². The van der Waals surface area contributed by atoms with Gasteiger partial charge in [-0.25, -0.2) is 9.98 Å². The molecular formula is C19H30IN5. The average molecular weight is 455 g/mol. The molecule has 25 heavy (non-hydrogen) atoms. The summed E-state index contributed by atoms with van der Waals surface area (Å²) in [6, 6.07) is 8.22. The van der Waals surface area contributed by atoms with E-state index in [0.717, 1.165) is 35.9 Å². The maximum absolute atomic E-state index is 4.75. The molecule has 1 aliphatic carbocycles.